The van der Waals surface area contributed by atoms with E-state index in [0.29, 0.717) is 26.0 Å². The zero-order chi connectivity index (χ0) is 16.4. The molecule has 0 radical (unpaired) electrons. The maximum atomic E-state index is 12.4. The number of hydrogen-bond acceptors (Lipinski definition) is 4. The van der Waals surface area contributed by atoms with Gasteiger partial charge in [0.05, 0.1) is 24.2 Å². The SMILES string of the molecule is CC1(C(N)=O)CN(C(=O)CCc2nc3ccccc3[nH]2)CCO1. The van der Waals surface area contributed by atoms with Crippen LogP contribution in [0.25, 0.3) is 11.0 Å². The average molecular weight is 316 g/mol. The molecule has 122 valence electrons. The van der Waals surface area contributed by atoms with Crippen LogP contribution in [0.15, 0.2) is 24.3 Å². The van der Waals surface area contributed by atoms with Crippen LogP contribution in [-0.2, 0) is 20.7 Å². The maximum Gasteiger partial charge on any atom is 0.251 e. The molecule has 1 saturated heterocycles. The predicted octanol–water partition coefficient (Wildman–Crippen LogP) is 0.598. The van der Waals surface area contributed by atoms with Crippen LogP contribution < -0.4 is 5.73 Å². The average Bonchev–Trinajstić information content (AvgIpc) is 2.95. The smallest absolute Gasteiger partial charge is 0.251 e. The lowest BCUT2D eigenvalue weighted by Gasteiger charge is -2.38. The van der Waals surface area contributed by atoms with Gasteiger partial charge in [-0.1, -0.05) is 12.1 Å². The van der Waals surface area contributed by atoms with Gasteiger partial charge < -0.3 is 20.4 Å². The largest absolute Gasteiger partial charge is 0.367 e. The number of nitrogens with one attached hydrogen (secondary N) is 1. The lowest BCUT2D eigenvalue weighted by atomic mass is 10.0. The van der Waals surface area contributed by atoms with E-state index in [2.05, 4.69) is 9.97 Å². The van der Waals surface area contributed by atoms with Crippen LogP contribution >= 0.6 is 0 Å². The summed E-state index contributed by atoms with van der Waals surface area (Å²) >= 11 is 0. The zero-order valence-corrected chi connectivity index (χ0v) is 13.0. The van der Waals surface area contributed by atoms with Gasteiger partial charge in [0, 0.05) is 19.4 Å². The van der Waals surface area contributed by atoms with Crippen LogP contribution in [0.2, 0.25) is 0 Å². The minimum Gasteiger partial charge on any atom is -0.367 e. The number of ether oxygens (including phenoxy) is 1. The van der Waals surface area contributed by atoms with Crippen molar-refractivity contribution in [3.05, 3.63) is 30.1 Å². The Kier molecular flexibility index (Phi) is 4.04. The molecule has 1 aliphatic rings. The van der Waals surface area contributed by atoms with Crippen molar-refractivity contribution < 1.29 is 14.3 Å². The highest BCUT2D eigenvalue weighted by Crippen LogP contribution is 2.18. The molecule has 2 heterocycles. The molecular formula is C16H20N4O3. The monoisotopic (exact) mass is 316 g/mol. The van der Waals surface area contributed by atoms with E-state index >= 15 is 0 Å². The Bertz CT molecular complexity index is 709. The normalized spacial score (nSPS) is 21.5. The van der Waals surface area contributed by atoms with Crippen LogP contribution in [0.4, 0.5) is 0 Å². The molecule has 2 amide bonds. The molecule has 3 rings (SSSR count). The number of aromatic amines is 1. The first-order valence-electron chi connectivity index (χ1n) is 7.63. The number of benzene rings is 1. The molecule has 0 aliphatic carbocycles. The molecular weight excluding hydrogens is 296 g/mol. The number of carbonyl (C=O) groups is 2. The van der Waals surface area contributed by atoms with Crippen molar-refractivity contribution in [2.45, 2.75) is 25.4 Å². The van der Waals surface area contributed by atoms with Gasteiger partial charge in [0.25, 0.3) is 5.91 Å². The summed E-state index contributed by atoms with van der Waals surface area (Å²) in [4.78, 5) is 33.1. The number of primary amides is 1. The first kappa shape index (κ1) is 15.5. The summed E-state index contributed by atoms with van der Waals surface area (Å²) in [7, 11) is 0. The van der Waals surface area contributed by atoms with Gasteiger partial charge in [0.2, 0.25) is 5.91 Å². The Morgan fingerprint density at radius 1 is 1.43 bits per heavy atom. The van der Waals surface area contributed by atoms with E-state index in [0.717, 1.165) is 16.9 Å². The Morgan fingerprint density at radius 2 is 2.22 bits per heavy atom. The van der Waals surface area contributed by atoms with Gasteiger partial charge in [0.15, 0.2) is 5.60 Å². The number of carbonyl (C=O) groups excluding carboxylic acids is 2. The standard InChI is InChI=1S/C16H20N4O3/c1-16(15(17)22)10-20(8-9-23-16)14(21)7-6-13-18-11-4-2-3-5-12(11)19-13/h2-5H,6-10H2,1H3,(H2,17,22)(H,18,19). The highest BCUT2D eigenvalue weighted by Gasteiger charge is 2.39. The Labute approximate surface area is 133 Å². The maximum absolute atomic E-state index is 12.4. The van der Waals surface area contributed by atoms with Gasteiger partial charge in [-0.3, -0.25) is 9.59 Å². The van der Waals surface area contributed by atoms with Crippen molar-refractivity contribution >= 4 is 22.8 Å². The number of H-pyrrole nitrogens is 1. The van der Waals surface area contributed by atoms with Crippen LogP contribution in [0.5, 0.6) is 0 Å². The number of amides is 2. The first-order valence-corrected chi connectivity index (χ1v) is 7.63. The van der Waals surface area contributed by atoms with E-state index in [9.17, 15) is 9.59 Å². The topological polar surface area (TPSA) is 101 Å². The summed E-state index contributed by atoms with van der Waals surface area (Å²) in [6.07, 6.45) is 0.854. The molecule has 3 N–H and O–H groups in total. The minimum atomic E-state index is -1.10. The minimum absolute atomic E-state index is 0.0266. The Hall–Kier alpha value is -2.41. The summed E-state index contributed by atoms with van der Waals surface area (Å²) in [6.45, 7) is 2.60. The lowest BCUT2D eigenvalue weighted by Crippen LogP contribution is -2.58. The second kappa shape index (κ2) is 6.00. The van der Waals surface area contributed by atoms with Crippen molar-refractivity contribution in [3.63, 3.8) is 0 Å². The Balaban J connectivity index is 1.61. The van der Waals surface area contributed by atoms with E-state index in [1.807, 2.05) is 24.3 Å². The fourth-order valence-electron chi connectivity index (χ4n) is 2.74. The molecule has 0 bridgehead atoms. The molecule has 0 spiro atoms. The third-order valence-corrected chi connectivity index (χ3v) is 4.16. The van der Waals surface area contributed by atoms with Crippen molar-refractivity contribution in [3.8, 4) is 0 Å². The number of aromatic nitrogens is 2. The van der Waals surface area contributed by atoms with E-state index in [4.69, 9.17) is 10.5 Å². The molecule has 23 heavy (non-hydrogen) atoms. The van der Waals surface area contributed by atoms with Gasteiger partial charge in [-0.2, -0.15) is 0 Å². The molecule has 2 aromatic rings. The molecule has 1 fully saturated rings. The highest BCUT2D eigenvalue weighted by molar-refractivity contribution is 5.85. The molecule has 7 heteroatoms. The van der Waals surface area contributed by atoms with E-state index in [1.54, 1.807) is 11.8 Å². The number of nitrogens with two attached hydrogens (primary N) is 1. The van der Waals surface area contributed by atoms with Gasteiger partial charge in [-0.05, 0) is 19.1 Å². The molecule has 1 unspecified atom stereocenters. The zero-order valence-electron chi connectivity index (χ0n) is 13.0. The van der Waals surface area contributed by atoms with Crippen LogP contribution in [0, 0.1) is 0 Å². The number of fused-ring (bicyclic) bond motifs is 1. The quantitative estimate of drug-likeness (QED) is 0.862. The fraction of sp³-hybridized carbons (Fsp3) is 0.438. The van der Waals surface area contributed by atoms with Crippen molar-refractivity contribution in [2.75, 3.05) is 19.7 Å². The predicted molar refractivity (Wildman–Crippen MR) is 84.5 cm³/mol. The summed E-state index contributed by atoms with van der Waals surface area (Å²) in [5, 5.41) is 0. The number of aryl methyl sites for hydroxylation is 1. The van der Waals surface area contributed by atoms with Gasteiger partial charge in [0.1, 0.15) is 5.82 Å². The lowest BCUT2D eigenvalue weighted by molar-refractivity contribution is -0.160. The van der Waals surface area contributed by atoms with Crippen LogP contribution in [0.3, 0.4) is 0 Å². The molecule has 1 aromatic carbocycles. The molecule has 1 aromatic heterocycles. The number of para-hydroxylation sites is 2. The molecule has 7 nitrogen and oxygen atoms in total. The van der Waals surface area contributed by atoms with Gasteiger partial charge in [-0.15, -0.1) is 0 Å². The number of hydrogen-bond donors (Lipinski definition) is 2. The van der Waals surface area contributed by atoms with E-state index in [-0.39, 0.29) is 12.5 Å². The number of nitrogens with zero attached hydrogens (tertiary/aromatic N) is 2. The van der Waals surface area contributed by atoms with Crippen molar-refractivity contribution in [2.24, 2.45) is 5.73 Å². The summed E-state index contributed by atoms with van der Waals surface area (Å²) < 4.78 is 5.42. The third-order valence-electron chi connectivity index (χ3n) is 4.16. The van der Waals surface area contributed by atoms with E-state index in [1.165, 1.54) is 0 Å². The first-order chi connectivity index (χ1) is 11.0. The summed E-state index contributed by atoms with van der Waals surface area (Å²) in [6, 6.07) is 7.75. The third kappa shape index (κ3) is 3.19. The van der Waals surface area contributed by atoms with Crippen molar-refractivity contribution in [1.82, 2.24) is 14.9 Å². The van der Waals surface area contributed by atoms with Crippen molar-refractivity contribution in [1.29, 1.82) is 0 Å². The highest BCUT2D eigenvalue weighted by atomic mass is 16.5. The molecule has 1 aliphatic heterocycles. The number of rotatable bonds is 4. The van der Waals surface area contributed by atoms with Gasteiger partial charge >= 0.3 is 0 Å². The molecule has 0 saturated carbocycles. The summed E-state index contributed by atoms with van der Waals surface area (Å²) in [5.74, 6) is 0.207. The fourth-order valence-corrected chi connectivity index (χ4v) is 2.74. The summed E-state index contributed by atoms with van der Waals surface area (Å²) in [5.41, 5.74) is 6.10. The van der Waals surface area contributed by atoms with Crippen LogP contribution in [0.1, 0.15) is 19.2 Å². The second-order valence-corrected chi connectivity index (χ2v) is 5.96. The van der Waals surface area contributed by atoms with Crippen LogP contribution in [-0.4, -0.2) is 52.0 Å². The Morgan fingerprint density at radius 3 is 2.96 bits per heavy atom. The van der Waals surface area contributed by atoms with E-state index < -0.39 is 11.5 Å². The second-order valence-electron chi connectivity index (χ2n) is 5.96. The van der Waals surface area contributed by atoms with Gasteiger partial charge in [-0.25, -0.2) is 4.98 Å². The molecule has 1 atom stereocenters. The number of imidazole rings is 1. The number of morpholine rings is 1.